The summed E-state index contributed by atoms with van der Waals surface area (Å²) in [6, 6.07) is 15.5. The largest absolute Gasteiger partial charge is 0.336 e. The molecular weight excluding hydrogens is 328 g/mol. The van der Waals surface area contributed by atoms with Crippen LogP contribution in [0.25, 0.3) is 0 Å². The second-order valence-corrected chi connectivity index (χ2v) is 6.10. The number of nitrogens with zero attached hydrogens (tertiary/aromatic N) is 1. The van der Waals surface area contributed by atoms with Crippen molar-refractivity contribution in [3.05, 3.63) is 83.0 Å². The predicted octanol–water partition coefficient (Wildman–Crippen LogP) is 3.14. The van der Waals surface area contributed by atoms with Crippen LogP contribution in [0.5, 0.6) is 0 Å². The molecule has 0 aliphatic carbocycles. The molecule has 0 saturated carbocycles. The number of rotatable bonds is 5. The summed E-state index contributed by atoms with van der Waals surface area (Å²) in [6.45, 7) is 3.85. The number of hydrogen-bond donors (Lipinski definition) is 3. The molecule has 3 N–H and O–H groups in total. The molecule has 26 heavy (non-hydrogen) atoms. The van der Waals surface area contributed by atoms with E-state index < -0.39 is 6.04 Å². The van der Waals surface area contributed by atoms with E-state index in [0.717, 1.165) is 11.1 Å². The zero-order chi connectivity index (χ0) is 18.5. The van der Waals surface area contributed by atoms with Gasteiger partial charge in [-0.05, 0) is 31.0 Å². The standard InChI is InChI=1S/C20H20N4O2/c1-13-8-9-16(14(2)12-13)19(25)23-18(15-6-4-3-5-7-15)20(26)22-17-10-11-21-24-17/h3-12,18H,1-2H3,(H,23,25)(H2,21,22,24,26)/t18-/m0/s1. The molecule has 1 atom stereocenters. The number of aromatic nitrogens is 2. The van der Waals surface area contributed by atoms with Crippen molar-refractivity contribution in [2.45, 2.75) is 19.9 Å². The zero-order valence-electron chi connectivity index (χ0n) is 14.6. The van der Waals surface area contributed by atoms with Crippen LogP contribution in [0.3, 0.4) is 0 Å². The molecule has 6 nitrogen and oxygen atoms in total. The molecule has 6 heteroatoms. The number of carbonyl (C=O) groups excluding carboxylic acids is 2. The van der Waals surface area contributed by atoms with Crippen molar-refractivity contribution in [3.8, 4) is 0 Å². The Morgan fingerprint density at radius 3 is 2.46 bits per heavy atom. The number of hydrogen-bond acceptors (Lipinski definition) is 3. The summed E-state index contributed by atoms with van der Waals surface area (Å²) in [5.74, 6) is -0.175. The second-order valence-electron chi connectivity index (χ2n) is 6.10. The molecule has 0 spiro atoms. The molecule has 0 bridgehead atoms. The summed E-state index contributed by atoms with van der Waals surface area (Å²) in [7, 11) is 0. The summed E-state index contributed by atoms with van der Waals surface area (Å²) >= 11 is 0. The average Bonchev–Trinajstić information content (AvgIpc) is 3.13. The lowest BCUT2D eigenvalue weighted by molar-refractivity contribution is -0.118. The van der Waals surface area contributed by atoms with Crippen molar-refractivity contribution < 1.29 is 9.59 Å². The molecule has 0 aliphatic heterocycles. The third-order valence-corrected chi connectivity index (χ3v) is 4.06. The minimum Gasteiger partial charge on any atom is -0.336 e. The van der Waals surface area contributed by atoms with E-state index in [9.17, 15) is 9.59 Å². The smallest absolute Gasteiger partial charge is 0.252 e. The molecule has 132 valence electrons. The Bertz CT molecular complexity index is 905. The van der Waals surface area contributed by atoms with Gasteiger partial charge in [0.25, 0.3) is 11.8 Å². The number of nitrogens with one attached hydrogen (secondary N) is 3. The Morgan fingerprint density at radius 2 is 1.81 bits per heavy atom. The summed E-state index contributed by atoms with van der Waals surface area (Å²) in [5.41, 5.74) is 3.19. The highest BCUT2D eigenvalue weighted by Crippen LogP contribution is 2.17. The number of aromatic amines is 1. The van der Waals surface area contributed by atoms with Gasteiger partial charge < -0.3 is 10.6 Å². The van der Waals surface area contributed by atoms with Gasteiger partial charge in [-0.3, -0.25) is 14.7 Å². The zero-order valence-corrected chi connectivity index (χ0v) is 14.6. The van der Waals surface area contributed by atoms with Crippen LogP contribution in [0.15, 0.2) is 60.8 Å². The van der Waals surface area contributed by atoms with Crippen LogP contribution < -0.4 is 10.6 Å². The maximum atomic E-state index is 12.8. The lowest BCUT2D eigenvalue weighted by Crippen LogP contribution is -2.37. The highest BCUT2D eigenvalue weighted by Gasteiger charge is 2.24. The number of amides is 2. The van der Waals surface area contributed by atoms with Crippen molar-refractivity contribution in [2.24, 2.45) is 0 Å². The molecule has 3 aromatic rings. The molecule has 0 radical (unpaired) electrons. The fraction of sp³-hybridized carbons (Fsp3) is 0.150. The van der Waals surface area contributed by atoms with Crippen LogP contribution in [-0.4, -0.2) is 22.0 Å². The normalized spacial score (nSPS) is 11.6. The first-order chi connectivity index (χ1) is 12.5. The first-order valence-electron chi connectivity index (χ1n) is 8.28. The van der Waals surface area contributed by atoms with Crippen molar-refractivity contribution in [3.63, 3.8) is 0 Å². The van der Waals surface area contributed by atoms with E-state index in [4.69, 9.17) is 0 Å². The molecule has 0 unspecified atom stereocenters. The lowest BCUT2D eigenvalue weighted by Gasteiger charge is -2.19. The highest BCUT2D eigenvalue weighted by atomic mass is 16.2. The maximum Gasteiger partial charge on any atom is 0.252 e. The van der Waals surface area contributed by atoms with Gasteiger partial charge in [-0.25, -0.2) is 0 Å². The third kappa shape index (κ3) is 3.97. The van der Waals surface area contributed by atoms with Gasteiger partial charge in [-0.1, -0.05) is 48.0 Å². The molecule has 0 saturated heterocycles. The number of carbonyl (C=O) groups is 2. The van der Waals surface area contributed by atoms with E-state index in [1.54, 1.807) is 30.5 Å². The number of anilines is 1. The van der Waals surface area contributed by atoms with Gasteiger partial charge >= 0.3 is 0 Å². The first-order valence-corrected chi connectivity index (χ1v) is 8.28. The summed E-state index contributed by atoms with van der Waals surface area (Å²) in [4.78, 5) is 25.5. The molecular formula is C20H20N4O2. The summed E-state index contributed by atoms with van der Waals surface area (Å²) in [6.07, 6.45) is 1.54. The predicted molar refractivity (Wildman–Crippen MR) is 99.8 cm³/mol. The van der Waals surface area contributed by atoms with Crippen LogP contribution >= 0.6 is 0 Å². The minimum absolute atomic E-state index is 0.295. The monoisotopic (exact) mass is 348 g/mol. The van der Waals surface area contributed by atoms with E-state index >= 15 is 0 Å². The van der Waals surface area contributed by atoms with Gasteiger partial charge in [0.15, 0.2) is 0 Å². The van der Waals surface area contributed by atoms with Gasteiger partial charge in [0.2, 0.25) is 0 Å². The fourth-order valence-corrected chi connectivity index (χ4v) is 2.75. The summed E-state index contributed by atoms with van der Waals surface area (Å²) in [5, 5.41) is 12.1. The molecule has 1 heterocycles. The number of aryl methyl sites for hydroxylation is 2. The molecule has 2 amide bonds. The SMILES string of the molecule is Cc1ccc(C(=O)N[C@H](C(=O)Nc2ccn[nH]2)c2ccccc2)c(C)c1. The molecule has 3 rings (SSSR count). The number of benzene rings is 2. The van der Waals surface area contributed by atoms with E-state index in [0.29, 0.717) is 16.9 Å². The van der Waals surface area contributed by atoms with Crippen LogP contribution in [0.4, 0.5) is 5.82 Å². The van der Waals surface area contributed by atoms with Crippen molar-refractivity contribution in [1.82, 2.24) is 15.5 Å². The maximum absolute atomic E-state index is 12.8. The van der Waals surface area contributed by atoms with Gasteiger partial charge in [0.1, 0.15) is 11.9 Å². The Kier molecular flexibility index (Phi) is 5.12. The van der Waals surface area contributed by atoms with Crippen molar-refractivity contribution >= 4 is 17.6 Å². The van der Waals surface area contributed by atoms with Gasteiger partial charge in [-0.15, -0.1) is 0 Å². The van der Waals surface area contributed by atoms with Crippen molar-refractivity contribution in [2.75, 3.05) is 5.32 Å². The van der Waals surface area contributed by atoms with Crippen LogP contribution in [0.1, 0.15) is 33.1 Å². The second kappa shape index (κ2) is 7.65. The van der Waals surface area contributed by atoms with Crippen molar-refractivity contribution in [1.29, 1.82) is 0 Å². The number of H-pyrrole nitrogens is 1. The lowest BCUT2D eigenvalue weighted by atomic mass is 10.0. The Morgan fingerprint density at radius 1 is 1.04 bits per heavy atom. The van der Waals surface area contributed by atoms with Crippen LogP contribution in [-0.2, 0) is 4.79 Å². The van der Waals surface area contributed by atoms with Crippen LogP contribution in [0, 0.1) is 13.8 Å². The molecule has 1 aromatic heterocycles. The van der Waals surface area contributed by atoms with Gasteiger partial charge in [0.05, 0.1) is 6.20 Å². The van der Waals surface area contributed by atoms with Gasteiger partial charge in [-0.2, -0.15) is 5.10 Å². The molecule has 0 aliphatic rings. The topological polar surface area (TPSA) is 86.9 Å². The van der Waals surface area contributed by atoms with E-state index in [-0.39, 0.29) is 11.8 Å². The highest BCUT2D eigenvalue weighted by molar-refractivity contribution is 6.01. The quantitative estimate of drug-likeness (QED) is 0.662. The summed E-state index contributed by atoms with van der Waals surface area (Å²) < 4.78 is 0. The average molecular weight is 348 g/mol. The van der Waals surface area contributed by atoms with E-state index in [1.807, 2.05) is 44.2 Å². The van der Waals surface area contributed by atoms with E-state index in [1.165, 1.54) is 0 Å². The Balaban J connectivity index is 1.86. The molecule has 0 fully saturated rings. The minimum atomic E-state index is -0.826. The van der Waals surface area contributed by atoms with E-state index in [2.05, 4.69) is 20.8 Å². The first kappa shape index (κ1) is 17.4. The Hall–Kier alpha value is -3.41. The van der Waals surface area contributed by atoms with Crippen LogP contribution in [0.2, 0.25) is 0 Å². The Labute approximate surface area is 151 Å². The third-order valence-electron chi connectivity index (χ3n) is 4.06. The molecule has 2 aromatic carbocycles. The fourth-order valence-electron chi connectivity index (χ4n) is 2.75. The van der Waals surface area contributed by atoms with Gasteiger partial charge in [0, 0.05) is 11.6 Å².